The lowest BCUT2D eigenvalue weighted by Crippen LogP contribution is -2.38. The lowest BCUT2D eigenvalue weighted by molar-refractivity contribution is -0.114. The van der Waals surface area contributed by atoms with Crippen LogP contribution in [0.1, 0.15) is 0 Å². The Bertz CT molecular complexity index is 1490. The smallest absolute Gasteiger partial charge is 0.324 e. The molecule has 1 heterocycles. The number of aryl methyl sites for hydroxylation is 2. The van der Waals surface area contributed by atoms with E-state index in [0.29, 0.717) is 16.7 Å². The zero-order chi connectivity index (χ0) is 23.8. The van der Waals surface area contributed by atoms with E-state index in [4.69, 9.17) is 0 Å². The first-order chi connectivity index (χ1) is 15.7. The summed E-state index contributed by atoms with van der Waals surface area (Å²) in [5.41, 5.74) is 1.67. The van der Waals surface area contributed by atoms with Crippen molar-refractivity contribution in [3.05, 3.63) is 89.1 Å². The van der Waals surface area contributed by atoms with Crippen LogP contribution in [0.25, 0.3) is 11.0 Å². The van der Waals surface area contributed by atoms with Crippen molar-refractivity contribution in [2.24, 2.45) is 14.1 Å². The summed E-state index contributed by atoms with van der Waals surface area (Å²) in [4.78, 5) is 25.0. The first-order valence-electron chi connectivity index (χ1n) is 9.97. The van der Waals surface area contributed by atoms with E-state index in [0.717, 1.165) is 16.4 Å². The minimum absolute atomic E-state index is 0.00262. The Labute approximate surface area is 189 Å². The van der Waals surface area contributed by atoms with Crippen molar-refractivity contribution in [1.29, 1.82) is 0 Å². The van der Waals surface area contributed by atoms with Crippen LogP contribution in [0.2, 0.25) is 0 Å². The summed E-state index contributed by atoms with van der Waals surface area (Å²) in [5, 5.41) is 2.68. The highest BCUT2D eigenvalue weighted by atomic mass is 32.2. The van der Waals surface area contributed by atoms with Crippen LogP contribution in [0.4, 0.5) is 15.8 Å². The molecule has 1 N–H and O–H groups in total. The van der Waals surface area contributed by atoms with Crippen LogP contribution >= 0.6 is 0 Å². The van der Waals surface area contributed by atoms with Crippen LogP contribution in [0.15, 0.2) is 82.5 Å². The number of aromatic nitrogens is 2. The number of amides is 1. The van der Waals surface area contributed by atoms with Crippen LogP contribution in [-0.2, 0) is 28.9 Å². The number of carbonyl (C=O) groups is 1. The van der Waals surface area contributed by atoms with Gasteiger partial charge < -0.3 is 5.32 Å². The first kappa shape index (κ1) is 22.3. The Morgan fingerprint density at radius 1 is 0.939 bits per heavy atom. The molecule has 0 spiro atoms. The summed E-state index contributed by atoms with van der Waals surface area (Å²) in [6, 6.07) is 17.5. The van der Waals surface area contributed by atoms with Gasteiger partial charge in [-0.3, -0.25) is 18.2 Å². The molecule has 0 fully saturated rings. The van der Waals surface area contributed by atoms with Gasteiger partial charge in [-0.05, 0) is 54.6 Å². The molecule has 4 aromatic rings. The number of rotatable bonds is 6. The van der Waals surface area contributed by atoms with Crippen LogP contribution in [0.3, 0.4) is 0 Å². The van der Waals surface area contributed by atoms with Gasteiger partial charge >= 0.3 is 5.69 Å². The molecule has 33 heavy (non-hydrogen) atoms. The van der Waals surface area contributed by atoms with Gasteiger partial charge in [0.05, 0.1) is 21.6 Å². The molecule has 1 aromatic heterocycles. The molecule has 10 heteroatoms. The second-order valence-electron chi connectivity index (χ2n) is 7.45. The van der Waals surface area contributed by atoms with Gasteiger partial charge in [-0.2, -0.15) is 0 Å². The second kappa shape index (κ2) is 8.55. The Morgan fingerprint density at radius 2 is 1.58 bits per heavy atom. The summed E-state index contributed by atoms with van der Waals surface area (Å²) in [6.45, 7) is -0.533. The molecule has 0 unspecified atom stereocenters. The number of halogens is 1. The number of anilines is 2. The second-order valence-corrected chi connectivity index (χ2v) is 9.32. The monoisotopic (exact) mass is 468 g/mol. The fourth-order valence-corrected chi connectivity index (χ4v) is 5.00. The highest BCUT2D eigenvalue weighted by molar-refractivity contribution is 7.92. The number of fused-ring (bicyclic) bond motifs is 1. The normalized spacial score (nSPS) is 11.5. The van der Waals surface area contributed by atoms with Gasteiger partial charge in [0.15, 0.2) is 0 Å². The third kappa shape index (κ3) is 4.24. The molecule has 0 aliphatic rings. The van der Waals surface area contributed by atoms with E-state index < -0.39 is 28.3 Å². The van der Waals surface area contributed by atoms with Gasteiger partial charge in [-0.25, -0.2) is 17.6 Å². The minimum Gasteiger partial charge on any atom is -0.324 e. The average molecular weight is 469 g/mol. The average Bonchev–Trinajstić information content (AvgIpc) is 3.02. The topological polar surface area (TPSA) is 93.4 Å². The van der Waals surface area contributed by atoms with Crippen LogP contribution < -0.4 is 15.3 Å². The number of carbonyl (C=O) groups excluding carboxylic acids is 1. The summed E-state index contributed by atoms with van der Waals surface area (Å²) in [5.74, 6) is -1.12. The van der Waals surface area contributed by atoms with Crippen LogP contribution in [-0.4, -0.2) is 30.0 Å². The van der Waals surface area contributed by atoms with E-state index in [2.05, 4.69) is 5.32 Å². The molecule has 1 amide bonds. The zero-order valence-corrected chi connectivity index (χ0v) is 18.7. The molecule has 170 valence electrons. The van der Waals surface area contributed by atoms with Crippen LogP contribution in [0, 0.1) is 5.82 Å². The third-order valence-corrected chi connectivity index (χ3v) is 7.08. The van der Waals surface area contributed by atoms with E-state index >= 15 is 0 Å². The van der Waals surface area contributed by atoms with Crippen molar-refractivity contribution in [3.63, 3.8) is 0 Å². The van der Waals surface area contributed by atoms with Crippen molar-refractivity contribution >= 4 is 38.3 Å². The minimum atomic E-state index is -4.10. The van der Waals surface area contributed by atoms with Gasteiger partial charge in [0.2, 0.25) is 5.91 Å². The third-order valence-electron chi connectivity index (χ3n) is 5.29. The number of hydrogen-bond acceptors (Lipinski definition) is 4. The SMILES string of the molecule is Cn1c(=O)n(C)c2cc(NC(=O)CN(c3ccc(F)cc3)S(=O)(=O)c3ccccc3)ccc21. The molecule has 0 saturated carbocycles. The highest BCUT2D eigenvalue weighted by Crippen LogP contribution is 2.24. The van der Waals surface area contributed by atoms with E-state index in [1.54, 1.807) is 50.5 Å². The predicted octanol–water partition coefficient (Wildman–Crippen LogP) is 2.85. The van der Waals surface area contributed by atoms with Crippen molar-refractivity contribution in [3.8, 4) is 0 Å². The zero-order valence-electron chi connectivity index (χ0n) is 17.9. The van der Waals surface area contributed by atoms with Gasteiger partial charge in [0.1, 0.15) is 12.4 Å². The van der Waals surface area contributed by atoms with Crippen LogP contribution in [0.5, 0.6) is 0 Å². The first-order valence-corrected chi connectivity index (χ1v) is 11.4. The van der Waals surface area contributed by atoms with Gasteiger partial charge in [0.25, 0.3) is 10.0 Å². The molecular weight excluding hydrogens is 447 g/mol. The molecule has 4 rings (SSSR count). The molecule has 0 aliphatic heterocycles. The summed E-state index contributed by atoms with van der Waals surface area (Å²) in [6.07, 6.45) is 0. The molecule has 3 aromatic carbocycles. The number of sulfonamides is 1. The lowest BCUT2D eigenvalue weighted by atomic mass is 10.2. The molecule has 0 radical (unpaired) electrons. The fraction of sp³-hybridized carbons (Fsp3) is 0.130. The number of imidazole rings is 1. The maximum atomic E-state index is 13.4. The summed E-state index contributed by atoms with van der Waals surface area (Å²) in [7, 11) is -0.822. The summed E-state index contributed by atoms with van der Waals surface area (Å²) < 4.78 is 43.9. The standard InChI is InChI=1S/C23H21FN4O4S/c1-26-20-13-10-17(14-21(20)27(2)23(26)30)25-22(29)15-28(18-11-8-16(24)9-12-18)33(31,32)19-6-4-3-5-7-19/h3-14H,15H2,1-2H3,(H,25,29). The largest absolute Gasteiger partial charge is 0.328 e. The lowest BCUT2D eigenvalue weighted by Gasteiger charge is -2.24. The number of hydrogen-bond donors (Lipinski definition) is 1. The molecule has 0 atom stereocenters. The predicted molar refractivity (Wildman–Crippen MR) is 124 cm³/mol. The van der Waals surface area contributed by atoms with Crippen molar-refractivity contribution in [2.75, 3.05) is 16.2 Å². The molecule has 0 saturated heterocycles. The van der Waals surface area contributed by atoms with Gasteiger partial charge in [0, 0.05) is 19.8 Å². The van der Waals surface area contributed by atoms with Gasteiger partial charge in [-0.1, -0.05) is 18.2 Å². The van der Waals surface area contributed by atoms with Crippen molar-refractivity contribution in [1.82, 2.24) is 9.13 Å². The molecule has 0 aliphatic carbocycles. The molecular formula is C23H21FN4O4S. The molecule has 8 nitrogen and oxygen atoms in total. The Morgan fingerprint density at radius 3 is 2.24 bits per heavy atom. The van der Waals surface area contributed by atoms with E-state index in [1.807, 2.05) is 0 Å². The van der Waals surface area contributed by atoms with Crippen molar-refractivity contribution < 1.29 is 17.6 Å². The quantitative estimate of drug-likeness (QED) is 0.471. The Kier molecular flexibility index (Phi) is 5.77. The highest BCUT2D eigenvalue weighted by Gasteiger charge is 2.27. The Balaban J connectivity index is 1.66. The summed E-state index contributed by atoms with van der Waals surface area (Å²) >= 11 is 0. The number of nitrogens with zero attached hydrogens (tertiary/aromatic N) is 3. The van der Waals surface area contributed by atoms with E-state index in [9.17, 15) is 22.4 Å². The van der Waals surface area contributed by atoms with Crippen molar-refractivity contribution in [2.45, 2.75) is 4.90 Å². The van der Waals surface area contributed by atoms with E-state index in [1.165, 1.54) is 33.4 Å². The fourth-order valence-electron chi connectivity index (χ4n) is 3.56. The maximum absolute atomic E-state index is 13.4. The van der Waals surface area contributed by atoms with Gasteiger partial charge in [-0.15, -0.1) is 0 Å². The van der Waals surface area contributed by atoms with E-state index in [-0.39, 0.29) is 16.3 Å². The number of nitrogens with one attached hydrogen (secondary N) is 1. The maximum Gasteiger partial charge on any atom is 0.328 e. The molecule has 0 bridgehead atoms. The Hall–Kier alpha value is -3.92. The number of benzene rings is 3.